The lowest BCUT2D eigenvalue weighted by Crippen LogP contribution is -2.51. The minimum absolute atomic E-state index is 0.0242. The molecule has 3 aromatic carbocycles. The van der Waals surface area contributed by atoms with Crippen LogP contribution in [0.5, 0.6) is 5.75 Å². The summed E-state index contributed by atoms with van der Waals surface area (Å²) in [6.07, 6.45) is 2.26. The molecule has 3 aromatic rings. The van der Waals surface area contributed by atoms with Gasteiger partial charge in [-0.1, -0.05) is 53.5 Å². The first kappa shape index (κ1) is 28.1. The van der Waals surface area contributed by atoms with Crippen LogP contribution in [0.2, 0.25) is 10.0 Å². The second-order valence-corrected chi connectivity index (χ2v) is 11.4. The van der Waals surface area contributed by atoms with E-state index in [9.17, 15) is 9.90 Å². The zero-order valence-electron chi connectivity index (χ0n) is 21.5. The quantitative estimate of drug-likeness (QED) is 0.271. The molecule has 9 heteroatoms. The maximum Gasteiger partial charge on any atom is 0.324 e. The van der Waals surface area contributed by atoms with Gasteiger partial charge in [-0.3, -0.25) is 4.79 Å². The van der Waals surface area contributed by atoms with Crippen LogP contribution in [-0.2, 0) is 11.2 Å². The van der Waals surface area contributed by atoms with E-state index < -0.39 is 30.4 Å². The molecule has 5 rings (SSSR count). The number of halogens is 4. The van der Waals surface area contributed by atoms with E-state index in [0.717, 1.165) is 49.5 Å². The van der Waals surface area contributed by atoms with Crippen molar-refractivity contribution >= 4 is 39.9 Å². The Balaban J connectivity index is 1.26. The summed E-state index contributed by atoms with van der Waals surface area (Å²) in [5.41, 5.74) is 1.14. The average Bonchev–Trinajstić information content (AvgIpc) is 3.59. The van der Waals surface area contributed by atoms with Crippen molar-refractivity contribution in [1.29, 1.82) is 0 Å². The summed E-state index contributed by atoms with van der Waals surface area (Å²) < 4.78 is 35.9. The van der Waals surface area contributed by atoms with Crippen molar-refractivity contribution in [2.24, 2.45) is 0 Å². The lowest BCUT2D eigenvalue weighted by atomic mass is 9.99. The molecule has 39 heavy (non-hydrogen) atoms. The molecule has 2 fully saturated rings. The van der Waals surface area contributed by atoms with Crippen LogP contribution in [0.1, 0.15) is 49.3 Å². The third-order valence-electron chi connectivity index (χ3n) is 7.39. The molecule has 2 N–H and O–H groups in total. The number of rotatable bonds is 11. The summed E-state index contributed by atoms with van der Waals surface area (Å²) in [6, 6.07) is 14.8. The third-order valence-corrected chi connectivity index (χ3v) is 7.92. The fraction of sp³-hybridized carbons (Fsp3) is 0.433. The number of fused-ring (bicyclic) bond motifs is 1. The van der Waals surface area contributed by atoms with Gasteiger partial charge in [0.25, 0.3) is 5.91 Å². The lowest BCUT2D eigenvalue weighted by molar-refractivity contribution is -0.148. The lowest BCUT2D eigenvalue weighted by Gasteiger charge is -2.30. The van der Waals surface area contributed by atoms with Gasteiger partial charge in [0.2, 0.25) is 0 Å². The van der Waals surface area contributed by atoms with Gasteiger partial charge in [0.1, 0.15) is 11.9 Å². The molecule has 0 aromatic heterocycles. The van der Waals surface area contributed by atoms with E-state index in [1.807, 2.05) is 24.3 Å². The number of alkyl halides is 2. The van der Waals surface area contributed by atoms with E-state index in [2.05, 4.69) is 10.2 Å². The number of carbonyl (C=O) groups is 1. The van der Waals surface area contributed by atoms with Crippen LogP contribution in [-0.4, -0.2) is 53.6 Å². The number of nitrogens with one attached hydrogen (secondary N) is 1. The minimum atomic E-state index is -3.61. The van der Waals surface area contributed by atoms with Gasteiger partial charge in [-0.15, -0.1) is 0 Å². The summed E-state index contributed by atoms with van der Waals surface area (Å²) in [5, 5.41) is 16.4. The number of hydrogen-bond donors (Lipinski definition) is 2. The SMILES string of the molecule is O=C(NC(CN1CCCC1)C(O)c1ccc(OC2CC2)c(Cl)c1)C(F)(F)CCc1ccc2cc(Cl)ccc2c1. The smallest absolute Gasteiger partial charge is 0.324 e. The second kappa shape index (κ2) is 12.0. The fourth-order valence-corrected chi connectivity index (χ4v) is 5.39. The topological polar surface area (TPSA) is 61.8 Å². The molecule has 2 unspecified atom stereocenters. The number of benzene rings is 3. The molecule has 2 aliphatic rings. The zero-order chi connectivity index (χ0) is 27.6. The summed E-state index contributed by atoms with van der Waals surface area (Å²) in [7, 11) is 0. The molecule has 2 atom stereocenters. The van der Waals surface area contributed by atoms with Gasteiger partial charge in [0.05, 0.1) is 17.2 Å². The number of carbonyl (C=O) groups excluding carboxylic acids is 1. The maximum atomic E-state index is 15.1. The van der Waals surface area contributed by atoms with Crippen LogP contribution in [0.25, 0.3) is 10.8 Å². The highest BCUT2D eigenvalue weighted by atomic mass is 35.5. The molecular weight excluding hydrogens is 545 g/mol. The van der Waals surface area contributed by atoms with Crippen LogP contribution in [0, 0.1) is 0 Å². The summed E-state index contributed by atoms with van der Waals surface area (Å²) in [6.45, 7) is 1.84. The molecular formula is C30H32Cl2F2N2O3. The second-order valence-electron chi connectivity index (χ2n) is 10.6. The molecule has 0 bridgehead atoms. The Morgan fingerprint density at radius 2 is 1.77 bits per heavy atom. The van der Waals surface area contributed by atoms with Crippen molar-refractivity contribution in [3.05, 3.63) is 75.8 Å². The zero-order valence-corrected chi connectivity index (χ0v) is 23.0. The van der Waals surface area contributed by atoms with Gasteiger partial charge in [0, 0.05) is 18.0 Å². The molecule has 5 nitrogen and oxygen atoms in total. The summed E-state index contributed by atoms with van der Waals surface area (Å²) in [5.74, 6) is -4.48. The van der Waals surface area contributed by atoms with E-state index in [1.54, 1.807) is 30.3 Å². The van der Waals surface area contributed by atoms with Crippen molar-refractivity contribution in [3.63, 3.8) is 0 Å². The Morgan fingerprint density at radius 1 is 1.05 bits per heavy atom. The van der Waals surface area contributed by atoms with Gasteiger partial charge < -0.3 is 20.1 Å². The predicted octanol–water partition coefficient (Wildman–Crippen LogP) is 6.57. The van der Waals surface area contributed by atoms with E-state index in [-0.39, 0.29) is 19.1 Å². The summed E-state index contributed by atoms with van der Waals surface area (Å²) >= 11 is 12.4. The van der Waals surface area contributed by atoms with Crippen LogP contribution >= 0.6 is 23.2 Å². The molecule has 0 radical (unpaired) electrons. The summed E-state index contributed by atoms with van der Waals surface area (Å²) in [4.78, 5) is 14.9. The van der Waals surface area contributed by atoms with Crippen molar-refractivity contribution in [2.45, 2.75) is 62.7 Å². The van der Waals surface area contributed by atoms with Gasteiger partial charge in [-0.2, -0.15) is 8.78 Å². The number of hydrogen-bond acceptors (Lipinski definition) is 4. The average molecular weight is 577 g/mol. The number of aliphatic hydroxyl groups is 1. The molecule has 1 aliphatic carbocycles. The van der Waals surface area contributed by atoms with E-state index in [4.69, 9.17) is 27.9 Å². The van der Waals surface area contributed by atoms with Crippen molar-refractivity contribution in [1.82, 2.24) is 10.2 Å². The Hall–Kier alpha value is -2.45. The van der Waals surface area contributed by atoms with Gasteiger partial charge >= 0.3 is 5.92 Å². The molecule has 1 aliphatic heterocycles. The number of aliphatic hydroxyl groups excluding tert-OH is 1. The van der Waals surface area contributed by atoms with Gasteiger partial charge in [-0.25, -0.2) is 0 Å². The largest absolute Gasteiger partial charge is 0.489 e. The minimum Gasteiger partial charge on any atom is -0.489 e. The van der Waals surface area contributed by atoms with Crippen LogP contribution < -0.4 is 10.1 Å². The molecule has 1 heterocycles. The molecule has 1 saturated heterocycles. The number of ether oxygens (including phenoxy) is 1. The normalized spacial score (nSPS) is 17.8. The van der Waals surface area contributed by atoms with Crippen LogP contribution in [0.4, 0.5) is 8.78 Å². The van der Waals surface area contributed by atoms with E-state index in [1.165, 1.54) is 0 Å². The molecule has 0 spiro atoms. The fourth-order valence-electron chi connectivity index (χ4n) is 4.97. The maximum absolute atomic E-state index is 15.1. The van der Waals surface area contributed by atoms with Crippen LogP contribution in [0.15, 0.2) is 54.6 Å². The number of aryl methyl sites for hydroxylation is 1. The number of nitrogens with zero attached hydrogens (tertiary/aromatic N) is 1. The highest BCUT2D eigenvalue weighted by Crippen LogP contribution is 2.34. The Morgan fingerprint density at radius 3 is 2.49 bits per heavy atom. The number of likely N-dealkylation sites (tertiary alicyclic amines) is 1. The van der Waals surface area contributed by atoms with Crippen molar-refractivity contribution < 1.29 is 23.4 Å². The first-order valence-corrected chi connectivity index (χ1v) is 14.2. The van der Waals surface area contributed by atoms with Crippen molar-refractivity contribution in [2.75, 3.05) is 19.6 Å². The van der Waals surface area contributed by atoms with Crippen LogP contribution in [0.3, 0.4) is 0 Å². The predicted molar refractivity (Wildman–Crippen MR) is 150 cm³/mol. The highest BCUT2D eigenvalue weighted by molar-refractivity contribution is 6.32. The first-order valence-electron chi connectivity index (χ1n) is 13.4. The Labute approximate surface area is 237 Å². The molecule has 1 saturated carbocycles. The van der Waals surface area contributed by atoms with Crippen molar-refractivity contribution in [3.8, 4) is 5.75 Å². The Kier molecular flexibility index (Phi) is 8.62. The van der Waals surface area contributed by atoms with E-state index >= 15 is 8.78 Å². The molecule has 208 valence electrons. The van der Waals surface area contributed by atoms with Gasteiger partial charge in [0.15, 0.2) is 0 Å². The first-order chi connectivity index (χ1) is 18.7. The standard InChI is InChI=1S/C30H32Cl2F2N2O3/c31-23-7-5-20-15-19(3-4-21(20)16-23)11-12-30(33,34)29(38)35-26(18-36-13-1-2-14-36)28(37)22-6-10-27(25(32)17-22)39-24-8-9-24/h3-7,10,15-17,24,26,28,37H,1-2,8-9,11-14,18H2,(H,35,38). The van der Waals surface area contributed by atoms with Gasteiger partial charge in [-0.05, 0) is 91.4 Å². The number of amides is 1. The highest BCUT2D eigenvalue weighted by Gasteiger charge is 2.41. The third kappa shape index (κ3) is 7.20. The Bertz CT molecular complexity index is 1330. The van der Waals surface area contributed by atoms with E-state index in [0.29, 0.717) is 26.9 Å². The monoisotopic (exact) mass is 576 g/mol. The molecule has 1 amide bonds.